The number of aromatic nitrogens is 1. The molecule has 0 N–H and O–H groups in total. The van der Waals surface area contributed by atoms with Gasteiger partial charge in [0, 0.05) is 18.6 Å². The molecule has 0 radical (unpaired) electrons. The third-order valence-corrected chi connectivity index (χ3v) is 6.67. The van der Waals surface area contributed by atoms with Crippen LogP contribution in [0.4, 0.5) is 0 Å². The molecule has 0 amide bonds. The Hall–Kier alpha value is -4.18. The molecule has 1 aliphatic rings. The van der Waals surface area contributed by atoms with E-state index in [1.54, 1.807) is 69.5 Å². The highest BCUT2D eigenvalue weighted by atomic mass is 32.1. The van der Waals surface area contributed by atoms with E-state index in [0.717, 1.165) is 5.56 Å². The molecule has 0 saturated carbocycles. The van der Waals surface area contributed by atoms with Crippen LogP contribution >= 0.6 is 11.3 Å². The zero-order chi connectivity index (χ0) is 26.7. The Morgan fingerprint density at radius 1 is 1.08 bits per heavy atom. The number of carbonyl (C=O) groups is 2. The molecule has 1 aliphatic heterocycles. The summed E-state index contributed by atoms with van der Waals surface area (Å²) in [4.78, 5) is 43.0. The number of nitrogens with zero attached hydrogens (tertiary/aromatic N) is 2. The summed E-state index contributed by atoms with van der Waals surface area (Å²) in [7, 11) is 3.06. The fourth-order valence-corrected chi connectivity index (χ4v) is 5.13. The van der Waals surface area contributed by atoms with Crippen molar-refractivity contribution in [3.63, 3.8) is 0 Å². The Morgan fingerprint density at radius 3 is 2.41 bits per heavy atom. The summed E-state index contributed by atoms with van der Waals surface area (Å²) in [6, 6.07) is 11.2. The van der Waals surface area contributed by atoms with Crippen molar-refractivity contribution in [1.29, 1.82) is 0 Å². The predicted molar refractivity (Wildman–Crippen MR) is 138 cm³/mol. The minimum absolute atomic E-state index is 0.176. The summed E-state index contributed by atoms with van der Waals surface area (Å²) in [6.45, 7) is 4.95. The van der Waals surface area contributed by atoms with Gasteiger partial charge in [0.25, 0.3) is 5.56 Å². The topological polar surface area (TPSA) is 105 Å². The second-order valence-corrected chi connectivity index (χ2v) is 9.08. The Bertz CT molecular complexity index is 1570. The number of fused-ring (bicyclic) bond motifs is 1. The van der Waals surface area contributed by atoms with E-state index in [2.05, 4.69) is 4.99 Å². The van der Waals surface area contributed by atoms with Crippen LogP contribution in [0.1, 0.15) is 37.9 Å². The highest BCUT2D eigenvalue weighted by Crippen LogP contribution is 2.37. The van der Waals surface area contributed by atoms with Crippen molar-refractivity contribution >= 4 is 29.4 Å². The second-order valence-electron chi connectivity index (χ2n) is 8.07. The summed E-state index contributed by atoms with van der Waals surface area (Å²) in [5, 5.41) is 0. The van der Waals surface area contributed by atoms with Crippen molar-refractivity contribution in [2.45, 2.75) is 26.8 Å². The number of benzene rings is 2. The molecule has 1 atom stereocenters. The van der Waals surface area contributed by atoms with Gasteiger partial charge in [-0.3, -0.25) is 14.2 Å². The number of methoxy groups -OCH3 is 2. The molecular formula is C27H26N2O7S. The third-order valence-electron chi connectivity index (χ3n) is 5.69. The number of esters is 2. The van der Waals surface area contributed by atoms with E-state index in [9.17, 15) is 14.4 Å². The molecule has 3 aromatic rings. The number of hydrogen-bond donors (Lipinski definition) is 0. The minimum atomic E-state index is -0.815. The van der Waals surface area contributed by atoms with Gasteiger partial charge in [-0.05, 0) is 49.8 Å². The lowest BCUT2D eigenvalue weighted by atomic mass is 9.95. The molecule has 4 rings (SSSR count). The van der Waals surface area contributed by atoms with Crippen molar-refractivity contribution in [1.82, 2.24) is 4.57 Å². The highest BCUT2D eigenvalue weighted by molar-refractivity contribution is 7.07. The van der Waals surface area contributed by atoms with Gasteiger partial charge in [-0.15, -0.1) is 0 Å². The quantitative estimate of drug-likeness (QED) is 0.347. The molecule has 0 aliphatic carbocycles. The van der Waals surface area contributed by atoms with Crippen LogP contribution < -0.4 is 29.1 Å². The van der Waals surface area contributed by atoms with Gasteiger partial charge in [0.2, 0.25) is 0 Å². The monoisotopic (exact) mass is 522 g/mol. The third kappa shape index (κ3) is 5.19. The normalized spacial score (nSPS) is 15.1. The summed E-state index contributed by atoms with van der Waals surface area (Å²) < 4.78 is 23.3. The lowest BCUT2D eigenvalue weighted by Crippen LogP contribution is -2.40. The molecule has 0 spiro atoms. The summed E-state index contributed by atoms with van der Waals surface area (Å²) in [5.74, 6) is 0.470. The minimum Gasteiger partial charge on any atom is -0.497 e. The van der Waals surface area contributed by atoms with Crippen LogP contribution in [0.5, 0.6) is 17.2 Å². The van der Waals surface area contributed by atoms with E-state index in [1.807, 2.05) is 0 Å². The van der Waals surface area contributed by atoms with E-state index in [-0.39, 0.29) is 17.7 Å². The summed E-state index contributed by atoms with van der Waals surface area (Å²) in [5.41, 5.74) is 1.74. The van der Waals surface area contributed by atoms with Crippen LogP contribution in [-0.4, -0.2) is 37.3 Å². The van der Waals surface area contributed by atoms with Crippen molar-refractivity contribution in [3.8, 4) is 17.2 Å². The molecule has 2 heterocycles. The Balaban J connectivity index is 1.91. The van der Waals surface area contributed by atoms with E-state index < -0.39 is 18.0 Å². The van der Waals surface area contributed by atoms with Gasteiger partial charge in [0.1, 0.15) is 23.3 Å². The van der Waals surface area contributed by atoms with Gasteiger partial charge in [-0.2, -0.15) is 0 Å². The molecule has 37 heavy (non-hydrogen) atoms. The molecule has 10 heteroatoms. The number of ether oxygens (including phenoxy) is 4. The van der Waals surface area contributed by atoms with Gasteiger partial charge in [0.05, 0.1) is 36.6 Å². The van der Waals surface area contributed by atoms with Crippen molar-refractivity contribution in [2.24, 2.45) is 4.99 Å². The van der Waals surface area contributed by atoms with Crippen LogP contribution in [0.2, 0.25) is 0 Å². The summed E-state index contributed by atoms with van der Waals surface area (Å²) >= 11 is 1.21. The molecule has 1 aromatic heterocycles. The zero-order valence-electron chi connectivity index (χ0n) is 21.1. The molecule has 0 saturated heterocycles. The predicted octanol–water partition coefficient (Wildman–Crippen LogP) is 2.74. The van der Waals surface area contributed by atoms with Gasteiger partial charge in [-0.1, -0.05) is 23.5 Å². The molecule has 0 unspecified atom stereocenters. The van der Waals surface area contributed by atoms with E-state index in [4.69, 9.17) is 18.9 Å². The maximum atomic E-state index is 13.7. The lowest BCUT2D eigenvalue weighted by Gasteiger charge is -2.26. The zero-order valence-corrected chi connectivity index (χ0v) is 21.9. The molecule has 9 nitrogen and oxygen atoms in total. The standard InChI is InChI=1S/C27H26N2O7S/c1-6-35-26(32)23-15(2)28-27-29(24(23)20-12-11-19(33-4)14-21(20)34-5)25(31)22(37-27)13-17-7-9-18(10-8-17)36-16(3)30/h7-14,24H,6H2,1-5H3/b22-13-/t24-/m0/s1. The van der Waals surface area contributed by atoms with Crippen LogP contribution in [-0.2, 0) is 14.3 Å². The van der Waals surface area contributed by atoms with Crippen LogP contribution in [0.25, 0.3) is 6.08 Å². The first-order valence-electron chi connectivity index (χ1n) is 11.5. The van der Waals surface area contributed by atoms with Gasteiger partial charge in [-0.25, -0.2) is 9.79 Å². The molecular weight excluding hydrogens is 496 g/mol. The first-order chi connectivity index (χ1) is 17.8. The molecule has 0 bridgehead atoms. The number of hydrogen-bond acceptors (Lipinski definition) is 9. The fourth-order valence-electron chi connectivity index (χ4n) is 4.08. The van der Waals surface area contributed by atoms with Crippen molar-refractivity contribution < 1.29 is 28.5 Å². The number of thiazole rings is 1. The van der Waals surface area contributed by atoms with E-state index >= 15 is 0 Å². The summed E-state index contributed by atoms with van der Waals surface area (Å²) in [6.07, 6.45) is 1.73. The maximum absolute atomic E-state index is 13.7. The fraction of sp³-hybridized carbons (Fsp3) is 0.259. The SMILES string of the molecule is CCOC(=O)C1=C(C)N=c2s/c(=C\c3ccc(OC(C)=O)cc3)c(=O)n2[C@H]1c1ccc(OC)cc1OC. The first-order valence-corrected chi connectivity index (χ1v) is 12.3. The highest BCUT2D eigenvalue weighted by Gasteiger charge is 2.35. The number of rotatable bonds is 7. The van der Waals surface area contributed by atoms with Gasteiger partial charge >= 0.3 is 11.9 Å². The van der Waals surface area contributed by atoms with Crippen LogP contribution in [0.15, 0.2) is 63.5 Å². The molecule has 2 aromatic carbocycles. The van der Waals surface area contributed by atoms with Crippen LogP contribution in [0, 0.1) is 0 Å². The Labute approximate surface area is 216 Å². The van der Waals surface area contributed by atoms with Crippen molar-refractivity contribution in [2.75, 3.05) is 20.8 Å². The Kier molecular flexibility index (Phi) is 7.58. The van der Waals surface area contributed by atoms with Gasteiger partial charge in [0.15, 0.2) is 4.80 Å². The molecule has 0 fully saturated rings. The van der Waals surface area contributed by atoms with E-state index in [1.165, 1.54) is 29.9 Å². The smallest absolute Gasteiger partial charge is 0.338 e. The maximum Gasteiger partial charge on any atom is 0.338 e. The van der Waals surface area contributed by atoms with E-state index in [0.29, 0.717) is 37.8 Å². The number of carbonyl (C=O) groups excluding carboxylic acids is 2. The average Bonchev–Trinajstić information content (AvgIpc) is 3.17. The Morgan fingerprint density at radius 2 is 1.78 bits per heavy atom. The molecule has 192 valence electrons. The van der Waals surface area contributed by atoms with Gasteiger partial charge < -0.3 is 18.9 Å². The first kappa shape index (κ1) is 25.9. The largest absolute Gasteiger partial charge is 0.497 e. The van der Waals surface area contributed by atoms with Crippen molar-refractivity contribution in [3.05, 3.63) is 84.5 Å². The average molecular weight is 523 g/mol. The lowest BCUT2D eigenvalue weighted by molar-refractivity contribution is -0.139. The van der Waals surface area contributed by atoms with Crippen LogP contribution in [0.3, 0.4) is 0 Å². The second kappa shape index (κ2) is 10.8. The number of allylic oxidation sites excluding steroid dienone is 1.